The van der Waals surface area contributed by atoms with Crippen LogP contribution in [0.2, 0.25) is 5.82 Å². The monoisotopic (exact) mass is 163 g/mol. The van der Waals surface area contributed by atoms with Crippen LogP contribution in [0.15, 0.2) is 30.3 Å². The van der Waals surface area contributed by atoms with Gasteiger partial charge in [-0.1, -0.05) is 49.1 Å². The summed E-state index contributed by atoms with van der Waals surface area (Å²) in [7, 11) is 6.01. The molecule has 2 rings (SSSR count). The van der Waals surface area contributed by atoms with Crippen molar-refractivity contribution in [2.45, 2.75) is 31.0 Å². The average molecular weight is 163 g/mol. The summed E-state index contributed by atoms with van der Waals surface area (Å²) in [6.07, 6.45) is 3.76. The van der Waals surface area contributed by atoms with Crippen molar-refractivity contribution in [2.24, 2.45) is 0 Å². The van der Waals surface area contributed by atoms with E-state index >= 15 is 0 Å². The Kier molecular flexibility index (Phi) is 4.16. The van der Waals surface area contributed by atoms with Gasteiger partial charge in [0.2, 0.25) is 0 Å². The molecular formula is C11H13BLi. The van der Waals surface area contributed by atoms with Gasteiger partial charge in [-0.15, -0.1) is 0 Å². The Morgan fingerprint density at radius 3 is 2.31 bits per heavy atom. The van der Waals surface area contributed by atoms with Crippen LogP contribution in [-0.2, 0) is 0 Å². The quantitative estimate of drug-likeness (QED) is 0.507. The summed E-state index contributed by atoms with van der Waals surface area (Å²) >= 11 is 0. The molecular weight excluding hydrogens is 150 g/mol. The van der Waals surface area contributed by atoms with Crippen molar-refractivity contribution in [3.05, 3.63) is 35.9 Å². The van der Waals surface area contributed by atoms with Crippen LogP contribution in [-0.4, -0.2) is 7.85 Å². The van der Waals surface area contributed by atoms with Crippen LogP contribution in [0.1, 0.15) is 30.7 Å². The number of hydrogen-bond donors (Lipinski definition) is 0. The number of rotatable bonds is 1. The van der Waals surface area contributed by atoms with Crippen molar-refractivity contribution < 1.29 is 18.9 Å². The molecule has 1 aromatic carbocycles. The summed E-state index contributed by atoms with van der Waals surface area (Å²) in [5.41, 5.74) is 1.42. The summed E-state index contributed by atoms with van der Waals surface area (Å²) in [5.74, 6) is 1.01. The largest absolute Gasteiger partial charge is 1.00 e. The predicted octanol–water partition coefficient (Wildman–Crippen LogP) is -0.0849. The van der Waals surface area contributed by atoms with Gasteiger partial charge >= 0.3 is 18.9 Å². The Morgan fingerprint density at radius 2 is 1.77 bits per heavy atom. The zero-order valence-electron chi connectivity index (χ0n) is 8.24. The second-order valence-corrected chi connectivity index (χ2v) is 3.61. The van der Waals surface area contributed by atoms with Gasteiger partial charge in [0, 0.05) is 0 Å². The molecule has 1 aliphatic rings. The van der Waals surface area contributed by atoms with Crippen molar-refractivity contribution >= 4 is 7.85 Å². The maximum atomic E-state index is 6.01. The molecule has 1 fully saturated rings. The van der Waals surface area contributed by atoms with Gasteiger partial charge in [0.25, 0.3) is 0 Å². The molecule has 3 radical (unpaired) electrons. The minimum absolute atomic E-state index is 0. The fourth-order valence-electron chi connectivity index (χ4n) is 2.10. The summed E-state index contributed by atoms with van der Waals surface area (Å²) in [6, 6.07) is 10.6. The van der Waals surface area contributed by atoms with Crippen LogP contribution in [0.25, 0.3) is 0 Å². The van der Waals surface area contributed by atoms with Crippen LogP contribution >= 0.6 is 0 Å². The van der Waals surface area contributed by atoms with E-state index in [0.717, 1.165) is 0 Å². The topological polar surface area (TPSA) is 0 Å². The number of benzene rings is 1. The van der Waals surface area contributed by atoms with Gasteiger partial charge in [0.05, 0.1) is 0 Å². The first-order valence-electron chi connectivity index (χ1n) is 4.68. The van der Waals surface area contributed by atoms with E-state index < -0.39 is 0 Å². The zero-order chi connectivity index (χ0) is 8.39. The third-order valence-electron chi connectivity index (χ3n) is 2.80. The van der Waals surface area contributed by atoms with Gasteiger partial charge in [-0.3, -0.25) is 5.82 Å². The Bertz CT molecular complexity index is 248. The number of hydrogen-bond acceptors (Lipinski definition) is 0. The summed E-state index contributed by atoms with van der Waals surface area (Å²) in [5, 5.41) is 0. The summed E-state index contributed by atoms with van der Waals surface area (Å²) < 4.78 is 0. The van der Waals surface area contributed by atoms with Gasteiger partial charge < -0.3 is 7.85 Å². The molecule has 0 amide bonds. The van der Waals surface area contributed by atoms with Crippen LogP contribution in [0.3, 0.4) is 0 Å². The molecule has 1 aliphatic carbocycles. The normalized spacial score (nSPS) is 26.8. The van der Waals surface area contributed by atoms with Gasteiger partial charge in [0.1, 0.15) is 0 Å². The van der Waals surface area contributed by atoms with Crippen LogP contribution < -0.4 is 18.9 Å². The second-order valence-electron chi connectivity index (χ2n) is 3.61. The van der Waals surface area contributed by atoms with E-state index in [0.29, 0.717) is 11.7 Å². The minimum Gasteiger partial charge on any atom is -0.621 e. The first-order valence-corrected chi connectivity index (χ1v) is 4.68. The molecule has 0 heterocycles. The Balaban J connectivity index is 0.000000845. The molecule has 61 valence electrons. The molecule has 2 atom stereocenters. The first-order chi connectivity index (χ1) is 5.88. The van der Waals surface area contributed by atoms with Crippen molar-refractivity contribution in [2.75, 3.05) is 0 Å². The maximum Gasteiger partial charge on any atom is 1.00 e. The molecule has 0 spiro atoms. The fraction of sp³-hybridized carbons (Fsp3) is 0.455. The van der Waals surface area contributed by atoms with Crippen LogP contribution in [0.5, 0.6) is 0 Å². The molecule has 1 saturated carbocycles. The van der Waals surface area contributed by atoms with Gasteiger partial charge in [0.15, 0.2) is 0 Å². The Morgan fingerprint density at radius 1 is 1.08 bits per heavy atom. The molecule has 0 nitrogen and oxygen atoms in total. The molecule has 0 saturated heterocycles. The van der Waals surface area contributed by atoms with Crippen LogP contribution in [0, 0.1) is 0 Å². The van der Waals surface area contributed by atoms with Crippen molar-refractivity contribution in [1.29, 1.82) is 0 Å². The SMILES string of the molecule is [B-][C@H]1CCC[C@@H]1c1ccccc1.[Li+]. The first kappa shape index (κ1) is 11.0. The van der Waals surface area contributed by atoms with Crippen molar-refractivity contribution in [3.63, 3.8) is 0 Å². The van der Waals surface area contributed by atoms with Gasteiger partial charge in [-0.05, 0) is 12.0 Å². The Labute approximate surface area is 93.7 Å². The van der Waals surface area contributed by atoms with Gasteiger partial charge in [-0.25, -0.2) is 0 Å². The third-order valence-corrected chi connectivity index (χ3v) is 2.80. The Hall–Kier alpha value is -0.118. The zero-order valence-corrected chi connectivity index (χ0v) is 8.24. The third kappa shape index (κ3) is 2.42. The van der Waals surface area contributed by atoms with Crippen molar-refractivity contribution in [1.82, 2.24) is 0 Å². The predicted molar refractivity (Wildman–Crippen MR) is 52.5 cm³/mol. The molecule has 0 aliphatic heterocycles. The van der Waals surface area contributed by atoms with E-state index in [9.17, 15) is 0 Å². The van der Waals surface area contributed by atoms with Crippen molar-refractivity contribution in [3.8, 4) is 0 Å². The van der Waals surface area contributed by atoms with E-state index in [1.807, 2.05) is 0 Å². The molecule has 0 N–H and O–H groups in total. The molecule has 13 heavy (non-hydrogen) atoms. The van der Waals surface area contributed by atoms with E-state index in [2.05, 4.69) is 30.3 Å². The molecule has 0 bridgehead atoms. The van der Waals surface area contributed by atoms with E-state index in [1.165, 1.54) is 24.8 Å². The average Bonchev–Trinajstić information content (AvgIpc) is 2.53. The summed E-state index contributed by atoms with van der Waals surface area (Å²) in [4.78, 5) is 0. The van der Waals surface area contributed by atoms with Gasteiger partial charge in [-0.2, -0.15) is 0 Å². The van der Waals surface area contributed by atoms with Crippen LogP contribution in [0.4, 0.5) is 0 Å². The standard InChI is InChI=1S/C11H13B.Li/c12-11-8-4-7-10(11)9-5-2-1-3-6-9;/h1-3,5-6,10-11H,4,7-8H2;/q-1;+1/t10-,11+;/m1./s1. The smallest absolute Gasteiger partial charge is 0.621 e. The maximum absolute atomic E-state index is 6.01. The molecule has 1 aromatic rings. The summed E-state index contributed by atoms with van der Waals surface area (Å²) in [6.45, 7) is 0. The van der Waals surface area contributed by atoms with E-state index in [-0.39, 0.29) is 18.9 Å². The fourth-order valence-corrected chi connectivity index (χ4v) is 2.10. The molecule has 2 heteroatoms. The minimum atomic E-state index is 0. The molecule has 0 aromatic heterocycles. The molecule has 0 unspecified atom stereocenters. The second kappa shape index (κ2) is 4.94. The van der Waals surface area contributed by atoms with E-state index in [1.54, 1.807) is 0 Å². The van der Waals surface area contributed by atoms with E-state index in [4.69, 9.17) is 7.85 Å².